The second-order valence-corrected chi connectivity index (χ2v) is 3.81. The molecule has 3 nitrogen and oxygen atoms in total. The van der Waals surface area contributed by atoms with Crippen LogP contribution in [0.3, 0.4) is 0 Å². The number of halogens is 1. The molecule has 0 aliphatic heterocycles. The van der Waals surface area contributed by atoms with Crippen molar-refractivity contribution >= 4 is 11.6 Å². The minimum Gasteiger partial charge on any atom is -0.389 e. The molecule has 15 heavy (non-hydrogen) atoms. The van der Waals surface area contributed by atoms with E-state index in [1.54, 1.807) is 24.0 Å². The van der Waals surface area contributed by atoms with E-state index in [0.717, 1.165) is 11.3 Å². The molecule has 0 amide bonds. The quantitative estimate of drug-likeness (QED) is 0.848. The fourth-order valence-corrected chi connectivity index (χ4v) is 1.48. The summed E-state index contributed by atoms with van der Waals surface area (Å²) < 4.78 is 1.69. The average Bonchev–Trinajstić information content (AvgIpc) is 2.65. The molecule has 1 aromatic heterocycles. The third kappa shape index (κ3) is 2.19. The molecular weight excluding hydrogens is 212 g/mol. The molecule has 0 unspecified atom stereocenters. The van der Waals surface area contributed by atoms with Crippen LogP contribution < -0.4 is 0 Å². The molecule has 1 aromatic carbocycles. The normalized spacial score (nSPS) is 12.7. The van der Waals surface area contributed by atoms with Crippen LogP contribution in [-0.4, -0.2) is 14.9 Å². The SMILES string of the molecule is C[C@H](O)c1ccc(-n2cc(Cl)cn2)cc1. The molecule has 78 valence electrons. The third-order valence-electron chi connectivity index (χ3n) is 2.19. The van der Waals surface area contributed by atoms with E-state index in [-0.39, 0.29) is 0 Å². The van der Waals surface area contributed by atoms with E-state index in [4.69, 9.17) is 11.6 Å². The first kappa shape index (κ1) is 10.2. The Balaban J connectivity index is 2.31. The zero-order valence-corrected chi connectivity index (χ0v) is 9.02. The second kappa shape index (κ2) is 4.04. The van der Waals surface area contributed by atoms with Gasteiger partial charge in [0.2, 0.25) is 0 Å². The predicted molar refractivity (Wildman–Crippen MR) is 59.2 cm³/mol. The minimum absolute atomic E-state index is 0.444. The Kier molecular flexibility index (Phi) is 2.75. The molecule has 0 radical (unpaired) electrons. The van der Waals surface area contributed by atoms with E-state index in [0.29, 0.717) is 5.02 Å². The lowest BCUT2D eigenvalue weighted by atomic mass is 10.1. The average molecular weight is 223 g/mol. The van der Waals surface area contributed by atoms with E-state index in [2.05, 4.69) is 5.10 Å². The molecule has 0 saturated carbocycles. The van der Waals surface area contributed by atoms with Gasteiger partial charge in [0, 0.05) is 6.20 Å². The number of aliphatic hydroxyl groups is 1. The van der Waals surface area contributed by atoms with Gasteiger partial charge in [-0.3, -0.25) is 0 Å². The van der Waals surface area contributed by atoms with Crippen molar-refractivity contribution in [1.29, 1.82) is 0 Å². The van der Waals surface area contributed by atoms with Gasteiger partial charge in [-0.2, -0.15) is 5.10 Å². The molecule has 4 heteroatoms. The van der Waals surface area contributed by atoms with Crippen LogP contribution in [0.15, 0.2) is 36.7 Å². The molecule has 1 atom stereocenters. The molecule has 0 aliphatic carbocycles. The Morgan fingerprint density at radius 3 is 2.47 bits per heavy atom. The van der Waals surface area contributed by atoms with Crippen LogP contribution in [0.5, 0.6) is 0 Å². The van der Waals surface area contributed by atoms with Crippen LogP contribution in [0.25, 0.3) is 5.69 Å². The van der Waals surface area contributed by atoms with Gasteiger partial charge in [0.05, 0.1) is 23.0 Å². The molecule has 2 aromatic rings. The third-order valence-corrected chi connectivity index (χ3v) is 2.39. The Hall–Kier alpha value is -1.32. The van der Waals surface area contributed by atoms with E-state index in [9.17, 15) is 5.11 Å². The van der Waals surface area contributed by atoms with Crippen molar-refractivity contribution in [2.75, 3.05) is 0 Å². The highest BCUT2D eigenvalue weighted by Crippen LogP contribution is 2.16. The number of aliphatic hydroxyl groups excluding tert-OH is 1. The number of nitrogens with zero attached hydrogens (tertiary/aromatic N) is 2. The number of benzene rings is 1. The molecular formula is C11H11ClN2O. The fourth-order valence-electron chi connectivity index (χ4n) is 1.35. The van der Waals surface area contributed by atoms with Crippen LogP contribution in [0, 0.1) is 0 Å². The van der Waals surface area contributed by atoms with Crippen molar-refractivity contribution in [1.82, 2.24) is 9.78 Å². The van der Waals surface area contributed by atoms with Gasteiger partial charge in [0.25, 0.3) is 0 Å². The lowest BCUT2D eigenvalue weighted by Crippen LogP contribution is -1.96. The van der Waals surface area contributed by atoms with Gasteiger partial charge in [0.1, 0.15) is 0 Å². The Labute approximate surface area is 92.9 Å². The summed E-state index contributed by atoms with van der Waals surface area (Å²) >= 11 is 5.77. The molecule has 2 rings (SSSR count). The molecule has 0 saturated heterocycles. The van der Waals surface area contributed by atoms with Crippen LogP contribution in [-0.2, 0) is 0 Å². The second-order valence-electron chi connectivity index (χ2n) is 3.37. The van der Waals surface area contributed by atoms with Gasteiger partial charge in [-0.15, -0.1) is 0 Å². The maximum Gasteiger partial charge on any atom is 0.0790 e. The molecule has 0 spiro atoms. The molecule has 0 bridgehead atoms. The van der Waals surface area contributed by atoms with Gasteiger partial charge in [-0.25, -0.2) is 4.68 Å². The minimum atomic E-state index is -0.444. The zero-order chi connectivity index (χ0) is 10.8. The largest absolute Gasteiger partial charge is 0.389 e. The highest BCUT2D eigenvalue weighted by Gasteiger charge is 2.02. The van der Waals surface area contributed by atoms with Crippen LogP contribution >= 0.6 is 11.6 Å². The van der Waals surface area contributed by atoms with Crippen molar-refractivity contribution in [3.8, 4) is 5.69 Å². The zero-order valence-electron chi connectivity index (χ0n) is 8.26. The van der Waals surface area contributed by atoms with Crippen molar-refractivity contribution in [2.45, 2.75) is 13.0 Å². The van der Waals surface area contributed by atoms with E-state index in [1.807, 2.05) is 24.3 Å². The molecule has 1 N–H and O–H groups in total. The fraction of sp³-hybridized carbons (Fsp3) is 0.182. The first-order valence-electron chi connectivity index (χ1n) is 4.65. The Bertz CT molecular complexity index is 448. The van der Waals surface area contributed by atoms with Gasteiger partial charge in [-0.05, 0) is 24.6 Å². The first-order chi connectivity index (χ1) is 7.16. The van der Waals surface area contributed by atoms with Crippen LogP contribution in [0.2, 0.25) is 5.02 Å². The Morgan fingerprint density at radius 1 is 1.33 bits per heavy atom. The van der Waals surface area contributed by atoms with Crippen LogP contribution in [0.1, 0.15) is 18.6 Å². The van der Waals surface area contributed by atoms with Gasteiger partial charge in [0.15, 0.2) is 0 Å². The lowest BCUT2D eigenvalue weighted by molar-refractivity contribution is 0.199. The number of rotatable bonds is 2. The smallest absolute Gasteiger partial charge is 0.0790 e. The van der Waals surface area contributed by atoms with Gasteiger partial charge >= 0.3 is 0 Å². The van der Waals surface area contributed by atoms with Crippen molar-refractivity contribution in [3.63, 3.8) is 0 Å². The Morgan fingerprint density at radius 2 is 2.00 bits per heavy atom. The summed E-state index contributed by atoms with van der Waals surface area (Å²) in [4.78, 5) is 0. The van der Waals surface area contributed by atoms with E-state index in [1.165, 1.54) is 0 Å². The summed E-state index contributed by atoms with van der Waals surface area (Å²) in [6.07, 6.45) is 2.88. The summed E-state index contributed by atoms with van der Waals surface area (Å²) in [5.74, 6) is 0. The summed E-state index contributed by atoms with van der Waals surface area (Å²) in [5.41, 5.74) is 1.81. The van der Waals surface area contributed by atoms with E-state index >= 15 is 0 Å². The lowest BCUT2D eigenvalue weighted by Gasteiger charge is -2.05. The number of aromatic nitrogens is 2. The van der Waals surface area contributed by atoms with Gasteiger partial charge < -0.3 is 5.11 Å². The maximum atomic E-state index is 9.35. The monoisotopic (exact) mass is 222 g/mol. The van der Waals surface area contributed by atoms with Crippen LogP contribution in [0.4, 0.5) is 0 Å². The van der Waals surface area contributed by atoms with Gasteiger partial charge in [-0.1, -0.05) is 23.7 Å². The number of hydrogen-bond donors (Lipinski definition) is 1. The summed E-state index contributed by atoms with van der Waals surface area (Å²) in [6.45, 7) is 1.74. The maximum absolute atomic E-state index is 9.35. The summed E-state index contributed by atoms with van der Waals surface area (Å²) in [5, 5.41) is 14.0. The molecule has 1 heterocycles. The van der Waals surface area contributed by atoms with Crippen molar-refractivity contribution < 1.29 is 5.11 Å². The van der Waals surface area contributed by atoms with Crippen molar-refractivity contribution in [2.24, 2.45) is 0 Å². The predicted octanol–water partition coefficient (Wildman–Crippen LogP) is 2.58. The highest BCUT2D eigenvalue weighted by atomic mass is 35.5. The van der Waals surface area contributed by atoms with E-state index < -0.39 is 6.10 Å². The summed E-state index contributed by atoms with van der Waals surface area (Å²) in [6, 6.07) is 7.53. The molecule has 0 aliphatic rings. The first-order valence-corrected chi connectivity index (χ1v) is 5.03. The van der Waals surface area contributed by atoms with Crippen molar-refractivity contribution in [3.05, 3.63) is 47.2 Å². The summed E-state index contributed by atoms with van der Waals surface area (Å²) in [7, 11) is 0. The highest BCUT2D eigenvalue weighted by molar-refractivity contribution is 6.30. The number of hydrogen-bond acceptors (Lipinski definition) is 2. The topological polar surface area (TPSA) is 38.0 Å². The standard InChI is InChI=1S/C11H11ClN2O/c1-8(15)9-2-4-11(5-3-9)14-7-10(12)6-13-14/h2-8,15H,1H3/t8-/m0/s1. The molecule has 0 fully saturated rings.